The molecule has 3 aromatic rings. The van der Waals surface area contributed by atoms with Crippen molar-refractivity contribution in [2.75, 3.05) is 80.6 Å². The maximum atomic E-state index is 14.1. The first-order valence-electron chi connectivity index (χ1n) is 20.1. The predicted molar refractivity (Wildman–Crippen MR) is 210 cm³/mol. The molecule has 0 radical (unpaired) electrons. The first-order valence-corrected chi connectivity index (χ1v) is 20.1. The fourth-order valence-electron chi connectivity index (χ4n) is 9.82. The lowest BCUT2D eigenvalue weighted by Crippen LogP contribution is -2.64. The quantitative estimate of drug-likeness (QED) is 0.327. The van der Waals surface area contributed by atoms with Gasteiger partial charge in [-0.3, -0.25) is 24.6 Å². The van der Waals surface area contributed by atoms with Crippen molar-refractivity contribution >= 4 is 40.9 Å². The van der Waals surface area contributed by atoms with Gasteiger partial charge in [-0.15, -0.1) is 10.2 Å². The number of amides is 5. The van der Waals surface area contributed by atoms with Crippen molar-refractivity contribution in [1.29, 1.82) is 0 Å². The van der Waals surface area contributed by atoms with Gasteiger partial charge in [0.15, 0.2) is 17.4 Å². The fraction of sp³-hybridized carbons (Fsp3) is 0.512. The Hall–Kier alpha value is -5.51. The minimum absolute atomic E-state index is 0.0255. The maximum Gasteiger partial charge on any atom is 0.320 e. The molecule has 5 amide bonds. The van der Waals surface area contributed by atoms with Crippen LogP contribution in [0.15, 0.2) is 42.5 Å². The number of piperidine rings is 2. The smallest absolute Gasteiger partial charge is 0.320 e. The molecule has 300 valence electrons. The number of anilines is 3. The number of carbonyl (C=O) groups is 4. The van der Waals surface area contributed by atoms with E-state index >= 15 is 0 Å². The molecule has 0 spiro atoms. The zero-order valence-electron chi connectivity index (χ0n) is 32.4. The maximum absolute atomic E-state index is 14.1. The number of imide groups is 1. The number of phenols is 1. The second kappa shape index (κ2) is 14.5. The summed E-state index contributed by atoms with van der Waals surface area (Å²) < 4.78 is 14.1. The molecule has 1 aromatic heterocycles. The molecule has 3 N–H and O–H groups in total. The van der Waals surface area contributed by atoms with Crippen LogP contribution < -0.4 is 20.4 Å². The van der Waals surface area contributed by atoms with E-state index in [-0.39, 0.29) is 41.4 Å². The topological polar surface area (TPSA) is 158 Å². The van der Waals surface area contributed by atoms with Gasteiger partial charge in [-0.1, -0.05) is 12.1 Å². The summed E-state index contributed by atoms with van der Waals surface area (Å²) in [6.45, 7) is 12.3. The molecule has 0 bridgehead atoms. The van der Waals surface area contributed by atoms with E-state index in [1.54, 1.807) is 11.0 Å². The summed E-state index contributed by atoms with van der Waals surface area (Å²) in [4.78, 5) is 64.4. The van der Waals surface area contributed by atoms with Crippen LogP contribution in [0.5, 0.6) is 5.75 Å². The lowest BCUT2D eigenvalue weighted by molar-refractivity contribution is -0.136. The molecule has 3 atom stereocenters. The van der Waals surface area contributed by atoms with E-state index in [0.717, 1.165) is 62.5 Å². The van der Waals surface area contributed by atoms with Crippen molar-refractivity contribution in [3.05, 3.63) is 59.4 Å². The highest BCUT2D eigenvalue weighted by molar-refractivity contribution is 6.05. The molecule has 7 heterocycles. The van der Waals surface area contributed by atoms with Gasteiger partial charge in [0.1, 0.15) is 6.04 Å². The fourth-order valence-corrected chi connectivity index (χ4v) is 9.82. The van der Waals surface area contributed by atoms with Crippen molar-refractivity contribution in [3.8, 4) is 17.0 Å². The van der Waals surface area contributed by atoms with Crippen LogP contribution in [0.2, 0.25) is 0 Å². The largest absolute Gasteiger partial charge is 0.504 e. The van der Waals surface area contributed by atoms with Gasteiger partial charge in [0, 0.05) is 101 Å². The van der Waals surface area contributed by atoms with Gasteiger partial charge >= 0.3 is 6.03 Å². The first-order chi connectivity index (χ1) is 27.4. The van der Waals surface area contributed by atoms with Gasteiger partial charge in [-0.05, 0) is 74.9 Å². The van der Waals surface area contributed by atoms with Crippen LogP contribution in [0.3, 0.4) is 0 Å². The van der Waals surface area contributed by atoms with Crippen LogP contribution >= 0.6 is 0 Å². The molecule has 16 heteroatoms. The van der Waals surface area contributed by atoms with Crippen LogP contribution in [-0.4, -0.2) is 142 Å². The van der Waals surface area contributed by atoms with Gasteiger partial charge in [0.2, 0.25) is 11.8 Å². The first kappa shape index (κ1) is 37.1. The van der Waals surface area contributed by atoms with Crippen LogP contribution in [0.25, 0.3) is 11.3 Å². The summed E-state index contributed by atoms with van der Waals surface area (Å²) in [6.07, 6.45) is 2.45. The van der Waals surface area contributed by atoms with E-state index in [1.807, 2.05) is 23.1 Å². The Balaban J connectivity index is 0.771. The van der Waals surface area contributed by atoms with E-state index in [9.17, 15) is 28.7 Å². The Kier molecular flexibility index (Phi) is 9.41. The minimum atomic E-state index is -0.711. The molecular formula is C41H49FN10O5. The number of aromatic nitrogens is 2. The number of carbonyl (C=O) groups excluding carboxylic acids is 4. The summed E-state index contributed by atoms with van der Waals surface area (Å²) in [5.41, 5.74) is 3.76. The second-order valence-corrected chi connectivity index (χ2v) is 16.9. The highest BCUT2D eigenvalue weighted by Crippen LogP contribution is 2.39. The van der Waals surface area contributed by atoms with Crippen LogP contribution in [0.1, 0.15) is 55.5 Å². The van der Waals surface area contributed by atoms with Gasteiger partial charge in [0.05, 0.1) is 17.4 Å². The molecule has 57 heavy (non-hydrogen) atoms. The number of nitrogens with zero attached hydrogens (tertiary/aromatic N) is 8. The molecule has 0 saturated carbocycles. The van der Waals surface area contributed by atoms with Gasteiger partial charge < -0.3 is 34.9 Å². The number of nitrogens with one attached hydrogen (secondary N) is 2. The average Bonchev–Trinajstić information content (AvgIpc) is 3.53. The Morgan fingerprint density at radius 3 is 2.56 bits per heavy atom. The number of piperazine rings is 2. The van der Waals surface area contributed by atoms with E-state index in [4.69, 9.17) is 0 Å². The summed E-state index contributed by atoms with van der Waals surface area (Å²) in [7, 11) is 0. The highest BCUT2D eigenvalue weighted by atomic mass is 19.1. The number of hydrogen-bond donors (Lipinski definition) is 3. The number of rotatable bonds is 5. The molecular weight excluding hydrogens is 732 g/mol. The Morgan fingerprint density at radius 1 is 0.947 bits per heavy atom. The van der Waals surface area contributed by atoms with Crippen molar-refractivity contribution in [2.45, 2.75) is 63.7 Å². The zero-order valence-corrected chi connectivity index (χ0v) is 32.4. The predicted octanol–water partition coefficient (Wildman–Crippen LogP) is 3.10. The normalized spacial score (nSPS) is 24.8. The zero-order chi connectivity index (χ0) is 39.6. The van der Waals surface area contributed by atoms with E-state index < -0.39 is 23.5 Å². The molecule has 0 aliphatic carbocycles. The molecule has 4 saturated heterocycles. The number of phenolic OH excluding ortho intramolecular Hbond substituents is 1. The van der Waals surface area contributed by atoms with Gasteiger partial charge in [-0.2, -0.15) is 0 Å². The molecule has 6 aliphatic heterocycles. The Labute approximate surface area is 330 Å². The second-order valence-electron chi connectivity index (χ2n) is 16.9. The van der Waals surface area contributed by atoms with Crippen molar-refractivity contribution < 1.29 is 28.7 Å². The number of aromatic hydroxyl groups is 1. The monoisotopic (exact) mass is 780 g/mol. The highest BCUT2D eigenvalue weighted by Gasteiger charge is 2.43. The van der Waals surface area contributed by atoms with Crippen LogP contribution in [0.4, 0.5) is 26.4 Å². The third-order valence-corrected chi connectivity index (χ3v) is 12.9. The molecule has 15 nitrogen and oxygen atoms in total. The van der Waals surface area contributed by atoms with Gasteiger partial charge in [0.25, 0.3) is 5.91 Å². The van der Waals surface area contributed by atoms with Crippen LogP contribution in [-0.2, 0) is 16.1 Å². The van der Waals surface area contributed by atoms with Crippen LogP contribution in [0, 0.1) is 11.7 Å². The lowest BCUT2D eigenvalue weighted by Gasteiger charge is -2.51. The number of benzene rings is 2. The number of para-hydroxylation sites is 1. The summed E-state index contributed by atoms with van der Waals surface area (Å²) in [5.74, 6) is -0.899. The molecule has 6 aliphatic rings. The van der Waals surface area contributed by atoms with Crippen molar-refractivity contribution in [1.82, 2.24) is 35.1 Å². The number of hydrogen-bond acceptors (Lipinski definition) is 11. The summed E-state index contributed by atoms with van der Waals surface area (Å²) in [5, 5.41) is 24.6. The number of likely N-dealkylation sites (tertiary alicyclic amines) is 1. The van der Waals surface area contributed by atoms with Crippen molar-refractivity contribution in [2.24, 2.45) is 5.92 Å². The van der Waals surface area contributed by atoms with E-state index in [0.29, 0.717) is 68.7 Å². The van der Waals surface area contributed by atoms with Gasteiger partial charge in [-0.25, -0.2) is 9.18 Å². The number of fused-ring (bicyclic) bond motifs is 4. The minimum Gasteiger partial charge on any atom is -0.504 e. The summed E-state index contributed by atoms with van der Waals surface area (Å²) >= 11 is 0. The lowest BCUT2D eigenvalue weighted by atomic mass is 9.82. The molecule has 4 fully saturated rings. The Morgan fingerprint density at radius 2 is 1.77 bits per heavy atom. The van der Waals surface area contributed by atoms with E-state index in [1.165, 1.54) is 12.1 Å². The SMILES string of the molecule is CC1(C)CC(CN2CCN(c3ccc4c(c3)C(=O)N(C3CCC(=O)NC3=O)C4)CC2)CCN1C(=O)N1CCN2c3cc(-c4cccc(F)c4O)nnc3NC[C@H]2C1. The Bertz CT molecular complexity index is 2120. The van der Waals surface area contributed by atoms with Crippen molar-refractivity contribution in [3.63, 3.8) is 0 Å². The number of urea groups is 1. The molecule has 9 rings (SSSR count). The third-order valence-electron chi connectivity index (χ3n) is 12.9. The van der Waals surface area contributed by atoms with E-state index in [2.05, 4.69) is 60.3 Å². The molecule has 2 unspecified atom stereocenters. The number of halogens is 1. The summed E-state index contributed by atoms with van der Waals surface area (Å²) in [6, 6.07) is 11.7. The average molecular weight is 781 g/mol. The standard InChI is InChI=1S/C41H49FN10O5/c1-41(2)20-25(22-47-12-14-48(15-13-47)27-7-6-26-23-51(39(56)30(26)18-27)33-8-9-35(53)44-38(33)55)10-11-52(41)40(57)49-16-17-50-28(24-49)21-43-37-34(50)19-32(45-46-37)29-4-3-5-31(42)36(29)54/h3-7,18-19,25,28,33,54H,8-17,20-24H2,1-2H3,(H,43,46)(H,44,53,55)/t25?,28-,33?/m0/s1. The molecule has 2 aromatic carbocycles. The third kappa shape index (κ3) is 6.87.